The Hall–Kier alpha value is -0.290. The molecule has 0 aromatic rings. The van der Waals surface area contributed by atoms with Crippen LogP contribution in [0, 0.1) is 11.8 Å². The van der Waals surface area contributed by atoms with Crippen LogP contribution in [0.15, 0.2) is 0 Å². The van der Waals surface area contributed by atoms with Crippen LogP contribution in [0.25, 0.3) is 0 Å². The van der Waals surface area contributed by atoms with Crippen LogP contribution in [0.3, 0.4) is 0 Å². The van der Waals surface area contributed by atoms with Gasteiger partial charge in [-0.25, -0.2) is 0 Å². The number of hydrogen-bond acceptors (Lipinski definition) is 2. The van der Waals surface area contributed by atoms with Gasteiger partial charge >= 0.3 is 6.18 Å². The van der Waals surface area contributed by atoms with E-state index in [2.05, 4.69) is 10.2 Å². The number of rotatable bonds is 2. The van der Waals surface area contributed by atoms with Gasteiger partial charge in [0.05, 0.1) is 5.92 Å². The molecular formula is C12H21F3N2. The average Bonchev–Trinajstić information content (AvgIpc) is 2.30. The number of nitrogens with one attached hydrogen (secondary N) is 1. The fraction of sp³-hybridized carbons (Fsp3) is 1.00. The molecule has 2 nitrogen and oxygen atoms in total. The van der Waals surface area contributed by atoms with Gasteiger partial charge in [0, 0.05) is 6.54 Å². The molecule has 0 amide bonds. The number of likely N-dealkylation sites (tertiary alicyclic amines) is 1. The zero-order valence-corrected chi connectivity index (χ0v) is 10.1. The minimum atomic E-state index is -3.99. The Labute approximate surface area is 101 Å². The van der Waals surface area contributed by atoms with Gasteiger partial charge in [0.15, 0.2) is 0 Å². The summed E-state index contributed by atoms with van der Waals surface area (Å²) in [7, 11) is 0. The summed E-state index contributed by atoms with van der Waals surface area (Å²) in [5.41, 5.74) is 0. The predicted octanol–water partition coefficient (Wildman–Crippen LogP) is 2.26. The summed E-state index contributed by atoms with van der Waals surface area (Å²) in [5.74, 6) is -0.384. The maximum atomic E-state index is 12.5. The summed E-state index contributed by atoms with van der Waals surface area (Å²) in [4.78, 5) is 2.22. The van der Waals surface area contributed by atoms with E-state index in [1.54, 1.807) is 0 Å². The molecule has 0 aromatic carbocycles. The van der Waals surface area contributed by atoms with Crippen LogP contribution in [-0.4, -0.2) is 43.8 Å². The van der Waals surface area contributed by atoms with E-state index in [1.807, 2.05) is 0 Å². The van der Waals surface area contributed by atoms with Crippen molar-refractivity contribution in [1.29, 1.82) is 0 Å². The van der Waals surface area contributed by atoms with Gasteiger partial charge in [0.1, 0.15) is 0 Å². The van der Waals surface area contributed by atoms with Crippen LogP contribution in [0.4, 0.5) is 13.2 Å². The SMILES string of the molecule is FC(F)(F)C1CCN(CC2CCNCC2)CC1. The first-order valence-electron chi connectivity index (χ1n) is 6.55. The largest absolute Gasteiger partial charge is 0.391 e. The van der Waals surface area contributed by atoms with E-state index in [1.165, 1.54) is 12.8 Å². The van der Waals surface area contributed by atoms with Crippen molar-refractivity contribution in [3.05, 3.63) is 0 Å². The minimum absolute atomic E-state index is 0.286. The number of nitrogens with zero attached hydrogens (tertiary/aromatic N) is 1. The first kappa shape index (κ1) is 13.1. The fourth-order valence-electron chi connectivity index (χ4n) is 2.87. The number of hydrogen-bond donors (Lipinski definition) is 1. The highest BCUT2D eigenvalue weighted by atomic mass is 19.4. The van der Waals surface area contributed by atoms with Crippen LogP contribution >= 0.6 is 0 Å². The third kappa shape index (κ3) is 3.85. The molecule has 5 heteroatoms. The molecule has 0 spiro atoms. The summed E-state index contributed by atoms with van der Waals surface area (Å²) in [6, 6.07) is 0. The minimum Gasteiger partial charge on any atom is -0.317 e. The summed E-state index contributed by atoms with van der Waals surface area (Å²) >= 11 is 0. The summed E-state index contributed by atoms with van der Waals surface area (Å²) in [6.45, 7) is 4.35. The van der Waals surface area contributed by atoms with Crippen LogP contribution < -0.4 is 5.32 Å². The second-order valence-corrected chi connectivity index (χ2v) is 5.31. The van der Waals surface area contributed by atoms with Gasteiger partial charge in [-0.3, -0.25) is 0 Å². The molecule has 1 N–H and O–H groups in total. The Morgan fingerprint density at radius 1 is 1.00 bits per heavy atom. The standard InChI is InChI=1S/C12H21F3N2/c13-12(14,15)11-3-7-17(8-4-11)9-10-1-5-16-6-2-10/h10-11,16H,1-9H2. The van der Waals surface area contributed by atoms with E-state index in [0.717, 1.165) is 19.6 Å². The van der Waals surface area contributed by atoms with Crippen molar-refractivity contribution in [3.8, 4) is 0 Å². The Morgan fingerprint density at radius 2 is 1.59 bits per heavy atom. The zero-order valence-electron chi connectivity index (χ0n) is 10.1. The van der Waals surface area contributed by atoms with Gasteiger partial charge in [-0.15, -0.1) is 0 Å². The lowest BCUT2D eigenvalue weighted by Gasteiger charge is -2.36. The lowest BCUT2D eigenvalue weighted by molar-refractivity contribution is -0.185. The van der Waals surface area contributed by atoms with Gasteiger partial charge in [-0.05, 0) is 57.8 Å². The maximum absolute atomic E-state index is 12.5. The Morgan fingerprint density at radius 3 is 2.12 bits per heavy atom. The highest BCUT2D eigenvalue weighted by molar-refractivity contribution is 4.79. The Bertz CT molecular complexity index is 228. The molecule has 2 aliphatic rings. The molecule has 2 heterocycles. The molecular weight excluding hydrogens is 229 g/mol. The summed E-state index contributed by atoms with van der Waals surface area (Å²) < 4.78 is 37.5. The highest BCUT2D eigenvalue weighted by Crippen LogP contribution is 2.34. The molecule has 0 saturated carbocycles. The highest BCUT2D eigenvalue weighted by Gasteiger charge is 2.41. The quantitative estimate of drug-likeness (QED) is 0.808. The van der Waals surface area contributed by atoms with Crippen molar-refractivity contribution in [3.63, 3.8) is 0 Å². The van der Waals surface area contributed by atoms with Gasteiger partial charge in [-0.2, -0.15) is 13.2 Å². The second-order valence-electron chi connectivity index (χ2n) is 5.31. The molecule has 2 aliphatic heterocycles. The number of halogens is 3. The predicted molar refractivity (Wildman–Crippen MR) is 60.8 cm³/mol. The molecule has 0 radical (unpaired) electrons. The lowest BCUT2D eigenvalue weighted by Crippen LogP contribution is -2.42. The number of piperidine rings is 2. The van der Waals surface area contributed by atoms with E-state index >= 15 is 0 Å². The van der Waals surface area contributed by atoms with E-state index in [0.29, 0.717) is 19.0 Å². The molecule has 100 valence electrons. The van der Waals surface area contributed by atoms with E-state index in [-0.39, 0.29) is 12.8 Å². The van der Waals surface area contributed by atoms with Gasteiger partial charge in [0.2, 0.25) is 0 Å². The monoisotopic (exact) mass is 250 g/mol. The molecule has 0 atom stereocenters. The third-order valence-electron chi connectivity index (χ3n) is 4.03. The van der Waals surface area contributed by atoms with E-state index < -0.39 is 12.1 Å². The van der Waals surface area contributed by atoms with Gasteiger partial charge in [0.25, 0.3) is 0 Å². The molecule has 0 unspecified atom stereocenters. The summed E-state index contributed by atoms with van der Waals surface area (Å²) in [6.07, 6.45) is -1.08. The third-order valence-corrected chi connectivity index (χ3v) is 4.03. The molecule has 2 rings (SSSR count). The van der Waals surface area contributed by atoms with Crippen molar-refractivity contribution in [1.82, 2.24) is 10.2 Å². The van der Waals surface area contributed by atoms with Crippen molar-refractivity contribution >= 4 is 0 Å². The number of alkyl halides is 3. The smallest absolute Gasteiger partial charge is 0.317 e. The topological polar surface area (TPSA) is 15.3 Å². The maximum Gasteiger partial charge on any atom is 0.391 e. The normalized spacial score (nSPS) is 26.3. The Balaban J connectivity index is 1.71. The molecule has 2 fully saturated rings. The molecule has 0 aromatic heterocycles. The van der Waals surface area contributed by atoms with E-state index in [4.69, 9.17) is 0 Å². The fourth-order valence-corrected chi connectivity index (χ4v) is 2.87. The van der Waals surface area contributed by atoms with Crippen LogP contribution in [-0.2, 0) is 0 Å². The molecule has 0 bridgehead atoms. The zero-order chi connectivity index (χ0) is 12.3. The molecule has 0 aliphatic carbocycles. The van der Waals surface area contributed by atoms with Crippen molar-refractivity contribution in [2.24, 2.45) is 11.8 Å². The van der Waals surface area contributed by atoms with Gasteiger partial charge in [-0.1, -0.05) is 0 Å². The Kier molecular flexibility index (Phi) is 4.31. The van der Waals surface area contributed by atoms with Crippen LogP contribution in [0.2, 0.25) is 0 Å². The van der Waals surface area contributed by atoms with Crippen LogP contribution in [0.5, 0.6) is 0 Å². The summed E-state index contributed by atoms with van der Waals surface area (Å²) in [5, 5.41) is 3.31. The van der Waals surface area contributed by atoms with Crippen molar-refractivity contribution in [2.45, 2.75) is 31.9 Å². The van der Waals surface area contributed by atoms with Gasteiger partial charge < -0.3 is 10.2 Å². The lowest BCUT2D eigenvalue weighted by atomic mass is 9.93. The molecule has 2 saturated heterocycles. The van der Waals surface area contributed by atoms with Crippen LogP contribution in [0.1, 0.15) is 25.7 Å². The molecule has 17 heavy (non-hydrogen) atoms. The van der Waals surface area contributed by atoms with Crippen molar-refractivity contribution in [2.75, 3.05) is 32.7 Å². The average molecular weight is 250 g/mol. The van der Waals surface area contributed by atoms with E-state index in [9.17, 15) is 13.2 Å². The second kappa shape index (κ2) is 5.57. The first-order chi connectivity index (χ1) is 8.05. The van der Waals surface area contributed by atoms with Crippen molar-refractivity contribution < 1.29 is 13.2 Å². The first-order valence-corrected chi connectivity index (χ1v) is 6.55.